The molecule has 0 amide bonds. The second kappa shape index (κ2) is 10.3. The molecule has 0 unspecified atom stereocenters. The summed E-state index contributed by atoms with van der Waals surface area (Å²) in [5.41, 5.74) is 4.13. The Morgan fingerprint density at radius 1 is 1.22 bits per heavy atom. The molecule has 2 atom stereocenters. The minimum absolute atomic E-state index is 0.0468. The van der Waals surface area contributed by atoms with Crippen molar-refractivity contribution in [2.75, 3.05) is 44.3 Å². The fraction of sp³-hybridized carbons (Fsp3) is 0.522. The van der Waals surface area contributed by atoms with Gasteiger partial charge in [-0.2, -0.15) is 13.2 Å². The summed E-state index contributed by atoms with van der Waals surface area (Å²) in [7, 11) is -3.20. The molecule has 2 fully saturated rings. The molecule has 5 rings (SSSR count). The van der Waals surface area contributed by atoms with Crippen LogP contribution in [0.4, 0.5) is 19.1 Å². The summed E-state index contributed by atoms with van der Waals surface area (Å²) < 4.78 is 63.1. The van der Waals surface area contributed by atoms with Crippen molar-refractivity contribution in [2.24, 2.45) is 0 Å². The number of benzene rings is 1. The van der Waals surface area contributed by atoms with Crippen LogP contribution in [-0.4, -0.2) is 85.2 Å². The summed E-state index contributed by atoms with van der Waals surface area (Å²) in [6.45, 7) is 7.01. The maximum atomic E-state index is 13.0. The minimum atomic E-state index is -5.08. The molecule has 2 saturated heterocycles. The number of nitrogens with zero attached hydrogens (tertiary/aromatic N) is 4. The highest BCUT2D eigenvalue weighted by Crippen LogP contribution is 2.40. The molecule has 1 aromatic heterocycles. The molecular weight excluding hydrogens is 501 g/mol. The van der Waals surface area contributed by atoms with Gasteiger partial charge in [0.1, 0.15) is 0 Å². The van der Waals surface area contributed by atoms with Crippen LogP contribution in [0.25, 0.3) is 0 Å². The number of likely N-dealkylation sites (tertiary alicyclic amines) is 1. The number of sulfone groups is 1. The predicted octanol–water partition coefficient (Wildman–Crippen LogP) is 2.15. The lowest BCUT2D eigenvalue weighted by molar-refractivity contribution is -0.192. The zero-order valence-electron chi connectivity index (χ0n) is 19.6. The third-order valence-corrected chi connectivity index (χ3v) is 8.53. The Morgan fingerprint density at radius 3 is 2.56 bits per heavy atom. The van der Waals surface area contributed by atoms with Gasteiger partial charge in [-0.25, -0.2) is 23.2 Å². The van der Waals surface area contributed by atoms with Crippen LogP contribution in [0.15, 0.2) is 30.5 Å². The Labute approximate surface area is 206 Å². The molecule has 36 heavy (non-hydrogen) atoms. The Bertz CT molecular complexity index is 1220. The van der Waals surface area contributed by atoms with E-state index in [0.717, 1.165) is 30.9 Å². The monoisotopic (exact) mass is 528 g/mol. The molecule has 0 spiro atoms. The topological polar surface area (TPSA) is 113 Å². The first-order valence-electron chi connectivity index (χ1n) is 11.4. The second-order valence-corrected chi connectivity index (χ2v) is 11.3. The van der Waals surface area contributed by atoms with E-state index >= 15 is 0 Å². The standard InChI is InChI=1S/C21H26N4O3S.C2HF3O2/c1-15-3-2-4-16(9-15)11-24-12-18-19(13-24)29(26,27)14-17-10-22-21(23-20(17)18)25-5-7-28-8-6-25;3-2(4,5)1(6)7/h2-4,9-10,18-19H,5-8,11-14H2,1H3;(H,6,7)/t18-,19+;/m0./s1. The second-order valence-electron chi connectivity index (χ2n) is 9.12. The SMILES string of the molecule is Cc1cccc(CN2C[C@@H]3c4nc(N5CCOCC5)ncc4CS(=O)(=O)[C@@H]3C2)c1.O=C(O)C(F)(F)F. The summed E-state index contributed by atoms with van der Waals surface area (Å²) in [5, 5.41) is 6.74. The third-order valence-electron chi connectivity index (χ3n) is 6.42. The number of hydrogen-bond acceptors (Lipinski definition) is 8. The number of ether oxygens (including phenoxy) is 1. The number of fused-ring (bicyclic) bond motifs is 3. The summed E-state index contributed by atoms with van der Waals surface area (Å²) in [4.78, 5) is 22.6. The Balaban J connectivity index is 0.000000384. The highest BCUT2D eigenvalue weighted by atomic mass is 32.2. The summed E-state index contributed by atoms with van der Waals surface area (Å²) in [5.74, 6) is -2.10. The average Bonchev–Trinajstić information content (AvgIpc) is 3.24. The van der Waals surface area contributed by atoms with E-state index in [1.165, 1.54) is 11.1 Å². The van der Waals surface area contributed by atoms with Crippen molar-refractivity contribution >= 4 is 21.8 Å². The average molecular weight is 529 g/mol. The van der Waals surface area contributed by atoms with Gasteiger partial charge in [0, 0.05) is 50.4 Å². The number of hydrogen-bond donors (Lipinski definition) is 1. The van der Waals surface area contributed by atoms with Crippen molar-refractivity contribution in [1.82, 2.24) is 14.9 Å². The number of anilines is 1. The third kappa shape index (κ3) is 5.95. The molecule has 3 aliphatic rings. The van der Waals surface area contributed by atoms with Gasteiger partial charge in [-0.15, -0.1) is 0 Å². The molecule has 13 heteroatoms. The van der Waals surface area contributed by atoms with Crippen LogP contribution >= 0.6 is 0 Å². The molecule has 0 aliphatic carbocycles. The van der Waals surface area contributed by atoms with E-state index in [9.17, 15) is 21.6 Å². The number of alkyl halides is 3. The van der Waals surface area contributed by atoms with E-state index in [4.69, 9.17) is 19.6 Å². The van der Waals surface area contributed by atoms with Crippen LogP contribution in [0.5, 0.6) is 0 Å². The highest BCUT2D eigenvalue weighted by molar-refractivity contribution is 7.91. The van der Waals surface area contributed by atoms with Gasteiger partial charge in [-0.3, -0.25) is 4.90 Å². The lowest BCUT2D eigenvalue weighted by atomic mass is 10.00. The lowest BCUT2D eigenvalue weighted by Gasteiger charge is -2.30. The number of carboxylic acid groups (broad SMARTS) is 1. The van der Waals surface area contributed by atoms with Crippen LogP contribution in [0, 0.1) is 6.92 Å². The van der Waals surface area contributed by atoms with Crippen molar-refractivity contribution in [1.29, 1.82) is 0 Å². The van der Waals surface area contributed by atoms with E-state index in [2.05, 4.69) is 46.0 Å². The van der Waals surface area contributed by atoms with E-state index in [0.29, 0.717) is 32.3 Å². The van der Waals surface area contributed by atoms with Crippen LogP contribution < -0.4 is 4.90 Å². The fourth-order valence-corrected chi connectivity index (χ4v) is 6.78. The molecule has 1 aromatic carbocycles. The van der Waals surface area contributed by atoms with Crippen molar-refractivity contribution in [3.05, 3.63) is 52.8 Å². The molecule has 1 N–H and O–H groups in total. The van der Waals surface area contributed by atoms with Crippen molar-refractivity contribution in [3.8, 4) is 0 Å². The number of morpholine rings is 1. The van der Waals surface area contributed by atoms with Crippen LogP contribution in [0.2, 0.25) is 0 Å². The normalized spacial score (nSPS) is 23.3. The summed E-state index contributed by atoms with van der Waals surface area (Å²) in [6, 6.07) is 8.42. The smallest absolute Gasteiger partial charge is 0.475 e. The van der Waals surface area contributed by atoms with Gasteiger partial charge in [-0.05, 0) is 12.5 Å². The molecule has 0 radical (unpaired) electrons. The molecule has 4 heterocycles. The molecule has 3 aliphatic heterocycles. The summed E-state index contributed by atoms with van der Waals surface area (Å²) in [6.07, 6.45) is -3.36. The first-order valence-corrected chi connectivity index (χ1v) is 13.1. The van der Waals surface area contributed by atoms with Gasteiger partial charge in [0.15, 0.2) is 9.84 Å². The number of carbonyl (C=O) groups is 1. The van der Waals surface area contributed by atoms with Crippen LogP contribution in [0.3, 0.4) is 0 Å². The predicted molar refractivity (Wildman–Crippen MR) is 124 cm³/mol. The Hall–Kier alpha value is -2.77. The highest BCUT2D eigenvalue weighted by Gasteiger charge is 2.47. The maximum absolute atomic E-state index is 13.0. The number of halogens is 3. The van der Waals surface area contributed by atoms with E-state index in [-0.39, 0.29) is 16.9 Å². The number of rotatable bonds is 3. The van der Waals surface area contributed by atoms with Gasteiger partial charge < -0.3 is 14.7 Å². The molecule has 196 valence electrons. The van der Waals surface area contributed by atoms with Gasteiger partial charge in [-0.1, -0.05) is 29.8 Å². The van der Waals surface area contributed by atoms with Gasteiger partial charge >= 0.3 is 12.1 Å². The van der Waals surface area contributed by atoms with Crippen molar-refractivity contribution in [2.45, 2.75) is 36.6 Å². The molecule has 0 saturated carbocycles. The Kier molecular flexibility index (Phi) is 7.53. The number of carboxylic acids is 1. The lowest BCUT2D eigenvalue weighted by Crippen LogP contribution is -2.39. The van der Waals surface area contributed by atoms with Crippen molar-refractivity contribution in [3.63, 3.8) is 0 Å². The van der Waals surface area contributed by atoms with Gasteiger partial charge in [0.25, 0.3) is 0 Å². The number of aromatic nitrogens is 2. The first kappa shape index (κ1) is 26.3. The van der Waals surface area contributed by atoms with E-state index in [1.54, 1.807) is 6.20 Å². The quantitative estimate of drug-likeness (QED) is 0.640. The van der Waals surface area contributed by atoms with Crippen molar-refractivity contribution < 1.29 is 36.2 Å². The molecule has 0 bridgehead atoms. The fourth-order valence-electron chi connectivity index (χ4n) is 4.76. The van der Waals surface area contributed by atoms with Gasteiger partial charge in [0.05, 0.1) is 29.9 Å². The van der Waals surface area contributed by atoms with Crippen LogP contribution in [0.1, 0.15) is 28.3 Å². The number of aryl methyl sites for hydroxylation is 1. The summed E-state index contributed by atoms with van der Waals surface area (Å²) >= 11 is 0. The molecular formula is C23H27F3N4O5S. The number of aliphatic carboxylic acids is 1. The van der Waals surface area contributed by atoms with Gasteiger partial charge in [0.2, 0.25) is 5.95 Å². The zero-order chi connectivity index (χ0) is 26.1. The van der Waals surface area contributed by atoms with Crippen LogP contribution in [-0.2, 0) is 31.7 Å². The molecule has 2 aromatic rings. The van der Waals surface area contributed by atoms with E-state index < -0.39 is 22.0 Å². The first-order chi connectivity index (χ1) is 16.9. The maximum Gasteiger partial charge on any atom is 0.490 e. The largest absolute Gasteiger partial charge is 0.490 e. The Morgan fingerprint density at radius 2 is 1.92 bits per heavy atom. The van der Waals surface area contributed by atoms with E-state index in [1.807, 2.05) is 0 Å². The zero-order valence-corrected chi connectivity index (χ0v) is 20.4. The minimum Gasteiger partial charge on any atom is -0.475 e. The molecule has 9 nitrogen and oxygen atoms in total.